The van der Waals surface area contributed by atoms with E-state index in [1.165, 1.54) is 25.3 Å². The van der Waals surface area contributed by atoms with E-state index in [2.05, 4.69) is 21.2 Å². The van der Waals surface area contributed by atoms with E-state index < -0.39 is 4.92 Å². The molecule has 4 nitrogen and oxygen atoms in total. The number of anilines is 1. The Labute approximate surface area is 119 Å². The summed E-state index contributed by atoms with van der Waals surface area (Å²) in [6, 6.07) is 3.38. The van der Waals surface area contributed by atoms with Crippen LogP contribution in [0.15, 0.2) is 16.6 Å². The van der Waals surface area contributed by atoms with E-state index in [-0.39, 0.29) is 5.69 Å². The summed E-state index contributed by atoms with van der Waals surface area (Å²) in [5.41, 5.74) is 0.566. The Balaban J connectivity index is 2.27. The van der Waals surface area contributed by atoms with Crippen LogP contribution < -0.4 is 5.32 Å². The first-order valence-corrected chi connectivity index (χ1v) is 7.15. The third-order valence-electron chi connectivity index (χ3n) is 3.18. The summed E-state index contributed by atoms with van der Waals surface area (Å²) in [7, 11) is 0. The van der Waals surface area contributed by atoms with Gasteiger partial charge in [0.2, 0.25) is 0 Å². The Bertz CT molecular complexity index is 462. The van der Waals surface area contributed by atoms with E-state index in [4.69, 9.17) is 11.6 Å². The van der Waals surface area contributed by atoms with Crippen LogP contribution in [0.3, 0.4) is 0 Å². The number of hydrogen-bond donors (Lipinski definition) is 1. The zero-order valence-corrected chi connectivity index (χ0v) is 12.1. The van der Waals surface area contributed by atoms with Crippen molar-refractivity contribution in [3.05, 3.63) is 31.7 Å². The lowest BCUT2D eigenvalue weighted by molar-refractivity contribution is -0.384. The number of nitro groups is 1. The first-order chi connectivity index (χ1) is 8.58. The van der Waals surface area contributed by atoms with Crippen LogP contribution in [0.4, 0.5) is 11.4 Å². The Morgan fingerprint density at radius 3 is 2.61 bits per heavy atom. The molecule has 0 saturated heterocycles. The van der Waals surface area contributed by atoms with Crippen LogP contribution in [0.1, 0.15) is 32.1 Å². The SMILES string of the molecule is O=[N+]([O-])c1cc(Cl)cc(Br)c1NC1CCCCC1. The normalized spacial score (nSPS) is 16.6. The van der Waals surface area contributed by atoms with Gasteiger partial charge in [0.15, 0.2) is 0 Å². The summed E-state index contributed by atoms with van der Waals surface area (Å²) in [4.78, 5) is 10.7. The fraction of sp³-hybridized carbons (Fsp3) is 0.500. The second-order valence-electron chi connectivity index (χ2n) is 4.52. The van der Waals surface area contributed by atoms with Gasteiger partial charge in [-0.2, -0.15) is 0 Å². The van der Waals surface area contributed by atoms with Crippen molar-refractivity contribution in [2.24, 2.45) is 0 Å². The van der Waals surface area contributed by atoms with Gasteiger partial charge in [0.1, 0.15) is 5.69 Å². The standard InChI is InChI=1S/C12H14BrClN2O2/c13-10-6-8(14)7-11(16(17)18)12(10)15-9-4-2-1-3-5-9/h6-7,9,15H,1-5H2. The Hall–Kier alpha value is -0.810. The van der Waals surface area contributed by atoms with Crippen LogP contribution in [0.2, 0.25) is 5.02 Å². The van der Waals surface area contributed by atoms with Crippen molar-refractivity contribution in [1.29, 1.82) is 0 Å². The summed E-state index contributed by atoms with van der Waals surface area (Å²) < 4.78 is 0.646. The van der Waals surface area contributed by atoms with E-state index >= 15 is 0 Å². The quantitative estimate of drug-likeness (QED) is 0.641. The van der Waals surface area contributed by atoms with Crippen LogP contribution in [0, 0.1) is 10.1 Å². The van der Waals surface area contributed by atoms with Crippen molar-refractivity contribution in [2.45, 2.75) is 38.1 Å². The topological polar surface area (TPSA) is 55.2 Å². The maximum atomic E-state index is 11.1. The molecule has 0 atom stereocenters. The molecule has 0 spiro atoms. The maximum Gasteiger partial charge on any atom is 0.294 e. The lowest BCUT2D eigenvalue weighted by atomic mass is 9.95. The summed E-state index contributed by atoms with van der Waals surface area (Å²) in [5.74, 6) is 0. The number of halogens is 2. The highest BCUT2D eigenvalue weighted by Crippen LogP contribution is 2.37. The lowest BCUT2D eigenvalue weighted by Gasteiger charge is -2.24. The van der Waals surface area contributed by atoms with Gasteiger partial charge >= 0.3 is 0 Å². The molecule has 1 aliphatic rings. The third kappa shape index (κ3) is 3.14. The van der Waals surface area contributed by atoms with Crippen molar-refractivity contribution >= 4 is 38.9 Å². The molecule has 2 rings (SSSR count). The van der Waals surface area contributed by atoms with Gasteiger partial charge in [-0.25, -0.2) is 0 Å². The van der Waals surface area contributed by atoms with E-state index in [0.29, 0.717) is 21.2 Å². The molecule has 18 heavy (non-hydrogen) atoms. The van der Waals surface area contributed by atoms with Crippen molar-refractivity contribution in [3.8, 4) is 0 Å². The van der Waals surface area contributed by atoms with Crippen LogP contribution in [0.25, 0.3) is 0 Å². The summed E-state index contributed by atoms with van der Waals surface area (Å²) in [6.45, 7) is 0. The molecule has 0 aromatic heterocycles. The second-order valence-corrected chi connectivity index (χ2v) is 5.81. The predicted molar refractivity (Wildman–Crippen MR) is 76.3 cm³/mol. The number of rotatable bonds is 3. The summed E-state index contributed by atoms with van der Waals surface area (Å²) in [6.07, 6.45) is 5.73. The van der Waals surface area contributed by atoms with E-state index in [9.17, 15) is 10.1 Å². The Morgan fingerprint density at radius 2 is 2.00 bits per heavy atom. The Kier molecular flexibility index (Phi) is 4.45. The monoisotopic (exact) mass is 332 g/mol. The molecule has 6 heteroatoms. The largest absolute Gasteiger partial charge is 0.376 e. The summed E-state index contributed by atoms with van der Waals surface area (Å²) in [5, 5.41) is 14.7. The highest BCUT2D eigenvalue weighted by atomic mass is 79.9. The lowest BCUT2D eigenvalue weighted by Crippen LogP contribution is -2.23. The molecule has 1 fully saturated rings. The minimum atomic E-state index is -0.401. The van der Waals surface area contributed by atoms with Gasteiger partial charge in [0.05, 0.1) is 4.92 Å². The minimum absolute atomic E-state index is 0.0277. The van der Waals surface area contributed by atoms with Crippen molar-refractivity contribution in [1.82, 2.24) is 0 Å². The molecule has 1 aromatic carbocycles. The molecule has 1 aliphatic carbocycles. The molecule has 1 aromatic rings. The predicted octanol–water partition coefficient (Wildman–Crippen LogP) is 4.76. The van der Waals surface area contributed by atoms with Gasteiger partial charge in [-0.3, -0.25) is 10.1 Å². The number of nitro benzene ring substituents is 1. The first kappa shape index (κ1) is 13.6. The number of hydrogen-bond acceptors (Lipinski definition) is 3. The van der Waals surface area contributed by atoms with Gasteiger partial charge in [0.25, 0.3) is 5.69 Å². The molecule has 0 aliphatic heterocycles. The van der Waals surface area contributed by atoms with Crippen molar-refractivity contribution in [3.63, 3.8) is 0 Å². The number of benzene rings is 1. The molecule has 1 saturated carbocycles. The zero-order valence-electron chi connectivity index (χ0n) is 9.79. The molecule has 1 N–H and O–H groups in total. The van der Waals surface area contributed by atoms with Crippen LogP contribution >= 0.6 is 27.5 Å². The highest BCUT2D eigenvalue weighted by Gasteiger charge is 2.22. The molecule has 0 bridgehead atoms. The van der Waals surface area contributed by atoms with Gasteiger partial charge in [-0.1, -0.05) is 30.9 Å². The maximum absolute atomic E-state index is 11.1. The first-order valence-electron chi connectivity index (χ1n) is 5.98. The van der Waals surface area contributed by atoms with E-state index in [0.717, 1.165) is 12.8 Å². The van der Waals surface area contributed by atoms with Crippen LogP contribution in [-0.4, -0.2) is 11.0 Å². The highest BCUT2D eigenvalue weighted by molar-refractivity contribution is 9.10. The Morgan fingerprint density at radius 1 is 1.33 bits per heavy atom. The fourth-order valence-electron chi connectivity index (χ4n) is 2.30. The minimum Gasteiger partial charge on any atom is -0.376 e. The van der Waals surface area contributed by atoms with Gasteiger partial charge < -0.3 is 5.32 Å². The molecular formula is C12H14BrClN2O2. The number of nitrogens with one attached hydrogen (secondary N) is 1. The van der Waals surface area contributed by atoms with Crippen LogP contribution in [-0.2, 0) is 0 Å². The smallest absolute Gasteiger partial charge is 0.294 e. The van der Waals surface area contributed by atoms with E-state index in [1.807, 2.05) is 0 Å². The van der Waals surface area contributed by atoms with Gasteiger partial charge in [-0.05, 0) is 34.8 Å². The number of nitrogens with zero attached hydrogens (tertiary/aromatic N) is 1. The molecule has 0 radical (unpaired) electrons. The summed E-state index contributed by atoms with van der Waals surface area (Å²) >= 11 is 9.19. The zero-order chi connectivity index (χ0) is 13.1. The molecule has 98 valence electrons. The molecule has 0 amide bonds. The molecule has 0 unspecified atom stereocenters. The van der Waals surface area contributed by atoms with Gasteiger partial charge in [-0.15, -0.1) is 0 Å². The third-order valence-corrected chi connectivity index (χ3v) is 4.03. The van der Waals surface area contributed by atoms with Crippen molar-refractivity contribution in [2.75, 3.05) is 5.32 Å². The van der Waals surface area contributed by atoms with Crippen LogP contribution in [0.5, 0.6) is 0 Å². The second kappa shape index (κ2) is 5.89. The average molecular weight is 334 g/mol. The fourth-order valence-corrected chi connectivity index (χ4v) is 3.21. The van der Waals surface area contributed by atoms with Crippen molar-refractivity contribution < 1.29 is 4.92 Å². The molecular weight excluding hydrogens is 320 g/mol. The average Bonchev–Trinajstić information content (AvgIpc) is 2.33. The van der Waals surface area contributed by atoms with Gasteiger partial charge in [0, 0.05) is 21.6 Å². The molecule has 0 heterocycles. The van der Waals surface area contributed by atoms with E-state index in [1.54, 1.807) is 6.07 Å².